The molecule has 1 aliphatic heterocycles. The van der Waals surface area contributed by atoms with Crippen LogP contribution in [-0.4, -0.2) is 35.6 Å². The first-order valence-corrected chi connectivity index (χ1v) is 7.27. The zero-order chi connectivity index (χ0) is 12.5. The van der Waals surface area contributed by atoms with Crippen molar-refractivity contribution >= 4 is 29.0 Å². The Balaban J connectivity index is 1.51. The summed E-state index contributed by atoms with van der Waals surface area (Å²) in [5, 5.41) is 4.51. The van der Waals surface area contributed by atoms with Crippen LogP contribution in [-0.2, 0) is 0 Å². The Morgan fingerprint density at radius 2 is 2.17 bits per heavy atom. The lowest BCUT2D eigenvalue weighted by Crippen LogP contribution is -2.25. The van der Waals surface area contributed by atoms with Crippen molar-refractivity contribution in [2.45, 2.75) is 25.3 Å². The molecule has 1 N–H and O–H groups in total. The van der Waals surface area contributed by atoms with Crippen molar-refractivity contribution in [1.82, 2.24) is 9.88 Å². The SMILES string of the molecule is Clc1cnc(NCC2CCN(C3CC3)C2)c(Cl)c1. The minimum Gasteiger partial charge on any atom is -0.369 e. The van der Waals surface area contributed by atoms with Crippen molar-refractivity contribution in [3.63, 3.8) is 0 Å². The van der Waals surface area contributed by atoms with Crippen molar-refractivity contribution in [3.8, 4) is 0 Å². The highest BCUT2D eigenvalue weighted by atomic mass is 35.5. The first-order chi connectivity index (χ1) is 8.72. The van der Waals surface area contributed by atoms with Gasteiger partial charge in [-0.3, -0.25) is 0 Å². The number of anilines is 1. The molecule has 0 amide bonds. The summed E-state index contributed by atoms with van der Waals surface area (Å²) in [6, 6.07) is 2.61. The molecule has 3 nitrogen and oxygen atoms in total. The molecule has 1 aliphatic carbocycles. The fraction of sp³-hybridized carbons (Fsp3) is 0.615. The summed E-state index contributed by atoms with van der Waals surface area (Å²) in [4.78, 5) is 6.83. The van der Waals surface area contributed by atoms with E-state index in [0.717, 1.165) is 18.4 Å². The maximum absolute atomic E-state index is 6.08. The van der Waals surface area contributed by atoms with Crippen LogP contribution in [0, 0.1) is 5.92 Å². The van der Waals surface area contributed by atoms with E-state index in [1.807, 2.05) is 0 Å². The number of nitrogens with one attached hydrogen (secondary N) is 1. The standard InChI is InChI=1S/C13H17Cl2N3/c14-10-5-12(15)13(17-7-10)16-6-9-3-4-18(8-9)11-1-2-11/h5,7,9,11H,1-4,6,8H2,(H,16,17). The molecule has 3 rings (SSSR count). The third-order valence-corrected chi connectivity index (χ3v) is 4.24. The van der Waals surface area contributed by atoms with Gasteiger partial charge in [-0.1, -0.05) is 23.2 Å². The van der Waals surface area contributed by atoms with Gasteiger partial charge in [0.1, 0.15) is 5.82 Å². The third kappa shape index (κ3) is 2.90. The van der Waals surface area contributed by atoms with Gasteiger partial charge in [-0.15, -0.1) is 0 Å². The molecule has 98 valence electrons. The molecule has 1 unspecified atom stereocenters. The number of halogens is 2. The number of aromatic nitrogens is 1. The fourth-order valence-corrected chi connectivity index (χ4v) is 3.03. The first kappa shape index (κ1) is 12.5. The van der Waals surface area contributed by atoms with Crippen LogP contribution in [0.15, 0.2) is 12.3 Å². The summed E-state index contributed by atoms with van der Waals surface area (Å²) < 4.78 is 0. The average Bonchev–Trinajstić information content (AvgIpc) is 3.08. The molecular weight excluding hydrogens is 269 g/mol. The molecular formula is C13H17Cl2N3. The molecule has 0 spiro atoms. The van der Waals surface area contributed by atoms with E-state index in [1.54, 1.807) is 12.3 Å². The van der Waals surface area contributed by atoms with Crippen molar-refractivity contribution in [1.29, 1.82) is 0 Å². The Morgan fingerprint density at radius 1 is 1.33 bits per heavy atom. The number of hydrogen-bond donors (Lipinski definition) is 1. The van der Waals surface area contributed by atoms with Gasteiger partial charge in [-0.2, -0.15) is 0 Å². The van der Waals surface area contributed by atoms with Crippen LogP contribution in [0.25, 0.3) is 0 Å². The van der Waals surface area contributed by atoms with Gasteiger partial charge in [0, 0.05) is 25.3 Å². The lowest BCUT2D eigenvalue weighted by atomic mass is 10.1. The summed E-state index contributed by atoms with van der Waals surface area (Å²) in [5.41, 5.74) is 0. The lowest BCUT2D eigenvalue weighted by Gasteiger charge is -2.15. The Morgan fingerprint density at radius 3 is 2.89 bits per heavy atom. The smallest absolute Gasteiger partial charge is 0.144 e. The van der Waals surface area contributed by atoms with Crippen LogP contribution < -0.4 is 5.32 Å². The molecule has 1 aromatic rings. The van der Waals surface area contributed by atoms with Crippen LogP contribution in [0.4, 0.5) is 5.82 Å². The third-order valence-electron chi connectivity index (χ3n) is 3.75. The second-order valence-electron chi connectivity index (χ2n) is 5.25. The van der Waals surface area contributed by atoms with E-state index in [-0.39, 0.29) is 0 Å². The number of hydrogen-bond acceptors (Lipinski definition) is 3. The minimum absolute atomic E-state index is 0.575. The van der Waals surface area contributed by atoms with Gasteiger partial charge in [-0.05, 0) is 37.8 Å². The van der Waals surface area contributed by atoms with E-state index in [9.17, 15) is 0 Å². The topological polar surface area (TPSA) is 28.2 Å². The summed E-state index contributed by atoms with van der Waals surface area (Å²) in [7, 11) is 0. The Labute approximate surface area is 117 Å². The van der Waals surface area contributed by atoms with Crippen LogP contribution in [0.1, 0.15) is 19.3 Å². The quantitative estimate of drug-likeness (QED) is 0.920. The van der Waals surface area contributed by atoms with E-state index >= 15 is 0 Å². The van der Waals surface area contributed by atoms with Crippen molar-refractivity contribution in [3.05, 3.63) is 22.3 Å². The van der Waals surface area contributed by atoms with E-state index in [4.69, 9.17) is 23.2 Å². The molecule has 1 saturated carbocycles. The van der Waals surface area contributed by atoms with Gasteiger partial charge < -0.3 is 10.2 Å². The zero-order valence-electron chi connectivity index (χ0n) is 10.2. The molecule has 2 fully saturated rings. The van der Waals surface area contributed by atoms with Gasteiger partial charge in [0.2, 0.25) is 0 Å². The minimum atomic E-state index is 0.575. The molecule has 5 heteroatoms. The van der Waals surface area contributed by atoms with E-state index in [1.165, 1.54) is 32.4 Å². The summed E-state index contributed by atoms with van der Waals surface area (Å²) in [6.45, 7) is 3.40. The van der Waals surface area contributed by atoms with Crippen LogP contribution in [0.5, 0.6) is 0 Å². The normalized spacial score (nSPS) is 24.4. The summed E-state index contributed by atoms with van der Waals surface area (Å²) in [5.74, 6) is 1.45. The van der Waals surface area contributed by atoms with Gasteiger partial charge in [0.15, 0.2) is 0 Å². The van der Waals surface area contributed by atoms with Gasteiger partial charge in [-0.25, -0.2) is 4.98 Å². The molecule has 2 aliphatic rings. The van der Waals surface area contributed by atoms with Gasteiger partial charge in [0.05, 0.1) is 10.0 Å². The van der Waals surface area contributed by atoms with E-state index in [2.05, 4.69) is 15.2 Å². The molecule has 1 aromatic heterocycles. The van der Waals surface area contributed by atoms with E-state index in [0.29, 0.717) is 16.0 Å². The predicted octanol–water partition coefficient (Wildman–Crippen LogP) is 3.28. The Bertz CT molecular complexity index is 434. The molecule has 1 atom stereocenters. The Hall–Kier alpha value is -0.510. The highest BCUT2D eigenvalue weighted by molar-refractivity contribution is 6.35. The predicted molar refractivity (Wildman–Crippen MR) is 75.4 cm³/mol. The number of rotatable bonds is 4. The van der Waals surface area contributed by atoms with Crippen LogP contribution >= 0.6 is 23.2 Å². The maximum atomic E-state index is 6.08. The first-order valence-electron chi connectivity index (χ1n) is 6.51. The molecule has 0 radical (unpaired) electrons. The van der Waals surface area contributed by atoms with Gasteiger partial charge in [0.25, 0.3) is 0 Å². The number of nitrogens with zero attached hydrogens (tertiary/aromatic N) is 2. The summed E-state index contributed by atoms with van der Waals surface area (Å²) >= 11 is 11.9. The highest BCUT2D eigenvalue weighted by Crippen LogP contribution is 2.32. The number of likely N-dealkylation sites (tertiary alicyclic amines) is 1. The van der Waals surface area contributed by atoms with Crippen molar-refractivity contribution in [2.75, 3.05) is 25.0 Å². The largest absolute Gasteiger partial charge is 0.369 e. The van der Waals surface area contributed by atoms with E-state index < -0.39 is 0 Å². The fourth-order valence-electron chi connectivity index (χ4n) is 2.59. The number of pyridine rings is 1. The van der Waals surface area contributed by atoms with Crippen molar-refractivity contribution < 1.29 is 0 Å². The van der Waals surface area contributed by atoms with Crippen LogP contribution in [0.3, 0.4) is 0 Å². The second kappa shape index (κ2) is 5.24. The van der Waals surface area contributed by atoms with Gasteiger partial charge >= 0.3 is 0 Å². The summed E-state index contributed by atoms with van der Waals surface area (Å²) in [6.07, 6.45) is 5.69. The van der Waals surface area contributed by atoms with Crippen molar-refractivity contribution in [2.24, 2.45) is 5.92 Å². The molecule has 18 heavy (non-hydrogen) atoms. The highest BCUT2D eigenvalue weighted by Gasteiger charge is 2.34. The molecule has 0 bridgehead atoms. The second-order valence-corrected chi connectivity index (χ2v) is 6.09. The Kier molecular flexibility index (Phi) is 3.64. The van der Waals surface area contributed by atoms with Crippen LogP contribution in [0.2, 0.25) is 10.0 Å². The zero-order valence-corrected chi connectivity index (χ0v) is 11.7. The molecule has 2 heterocycles. The maximum Gasteiger partial charge on any atom is 0.144 e. The monoisotopic (exact) mass is 285 g/mol. The lowest BCUT2D eigenvalue weighted by molar-refractivity contribution is 0.316. The molecule has 0 aromatic carbocycles. The average molecular weight is 286 g/mol. The molecule has 1 saturated heterocycles.